The van der Waals surface area contributed by atoms with Crippen molar-refractivity contribution in [3.8, 4) is 0 Å². The van der Waals surface area contributed by atoms with E-state index in [0.717, 1.165) is 44.6 Å². The SMILES string of the molecule is CC1=C(/C=C/C(C)=C/C=C/C(C)=C/C=C/C=C(C)/C=C/C=C(C)/C=C/C2=C(C)C(=O)C([n+]3cccc(N)c3)CC2(C)C)C(C)(C)CC([n+]2cccc(N)c2)C1=O. The molecule has 0 radical (unpaired) electrons. The lowest BCUT2D eigenvalue weighted by molar-refractivity contribution is -0.710. The number of nitrogens with two attached hydrogens (primary N) is 2. The van der Waals surface area contributed by atoms with Crippen molar-refractivity contribution in [2.24, 2.45) is 10.8 Å². The second-order valence-electron chi connectivity index (χ2n) is 16.6. The molecule has 2 atom stereocenters. The van der Waals surface area contributed by atoms with Crippen LogP contribution in [0.2, 0.25) is 0 Å². The fourth-order valence-electron chi connectivity index (χ4n) is 7.52. The van der Waals surface area contributed by atoms with E-state index >= 15 is 0 Å². The van der Waals surface area contributed by atoms with Gasteiger partial charge in [-0.25, -0.2) is 0 Å². The zero-order valence-electron chi connectivity index (χ0n) is 35.1. The normalized spacial score (nSPS) is 21.7. The van der Waals surface area contributed by atoms with Gasteiger partial charge in [-0.1, -0.05) is 135 Å². The first-order valence-electron chi connectivity index (χ1n) is 19.5. The molecule has 4 rings (SSSR count). The Kier molecular flexibility index (Phi) is 14.5. The zero-order chi connectivity index (χ0) is 41.2. The van der Waals surface area contributed by atoms with E-state index in [4.69, 9.17) is 11.5 Å². The second kappa shape index (κ2) is 18.8. The fraction of sp³-hybridized carbons (Fsp3) is 0.320. The van der Waals surface area contributed by atoms with E-state index in [1.165, 1.54) is 0 Å². The highest BCUT2D eigenvalue weighted by Crippen LogP contribution is 2.43. The van der Waals surface area contributed by atoms with Gasteiger partial charge in [-0.05, 0) is 75.7 Å². The van der Waals surface area contributed by atoms with Crippen LogP contribution < -0.4 is 20.6 Å². The van der Waals surface area contributed by atoms with Gasteiger partial charge in [0.15, 0.2) is 24.8 Å². The van der Waals surface area contributed by atoms with Gasteiger partial charge < -0.3 is 11.5 Å². The fourth-order valence-corrected chi connectivity index (χ4v) is 7.52. The molecule has 56 heavy (non-hydrogen) atoms. The second-order valence-corrected chi connectivity index (χ2v) is 16.6. The van der Waals surface area contributed by atoms with Crippen molar-refractivity contribution in [3.05, 3.63) is 179 Å². The number of allylic oxidation sites excluding steroid dienone is 22. The molecule has 0 saturated carbocycles. The number of nitrogens with zero attached hydrogens (tertiary/aromatic N) is 2. The molecule has 2 heterocycles. The van der Waals surface area contributed by atoms with E-state index in [2.05, 4.69) is 128 Å². The summed E-state index contributed by atoms with van der Waals surface area (Å²) in [6.45, 7) is 21.0. The Balaban J connectivity index is 1.31. The number of hydrogen-bond donors (Lipinski definition) is 2. The largest absolute Gasteiger partial charge is 0.394 e. The van der Waals surface area contributed by atoms with Crippen molar-refractivity contribution in [1.82, 2.24) is 0 Å². The Bertz CT molecular complexity index is 2020. The van der Waals surface area contributed by atoms with Crippen LogP contribution in [-0.2, 0) is 9.59 Å². The molecule has 292 valence electrons. The van der Waals surface area contributed by atoms with Crippen LogP contribution in [0.15, 0.2) is 179 Å². The molecule has 2 aliphatic carbocycles. The highest BCUT2D eigenvalue weighted by Gasteiger charge is 2.44. The molecule has 2 aromatic heterocycles. The molecule has 0 aromatic carbocycles. The Hall–Kier alpha value is -5.62. The summed E-state index contributed by atoms with van der Waals surface area (Å²) in [6.07, 6.45) is 38.1. The lowest BCUT2D eigenvalue weighted by Crippen LogP contribution is -2.48. The topological polar surface area (TPSA) is 93.9 Å². The molecule has 6 heteroatoms. The number of hydrogen-bond acceptors (Lipinski definition) is 4. The third-order valence-electron chi connectivity index (χ3n) is 10.7. The summed E-state index contributed by atoms with van der Waals surface area (Å²) >= 11 is 0. The van der Waals surface area contributed by atoms with E-state index in [1.807, 2.05) is 84.2 Å². The summed E-state index contributed by atoms with van der Waals surface area (Å²) in [6, 6.07) is 6.95. The first kappa shape index (κ1) is 43.1. The number of aromatic nitrogens is 2. The molecule has 0 amide bonds. The summed E-state index contributed by atoms with van der Waals surface area (Å²) in [4.78, 5) is 26.7. The molecule has 0 bridgehead atoms. The summed E-state index contributed by atoms with van der Waals surface area (Å²) < 4.78 is 3.89. The van der Waals surface area contributed by atoms with Gasteiger partial charge in [0.2, 0.25) is 23.7 Å². The van der Waals surface area contributed by atoms with Gasteiger partial charge in [-0.15, -0.1) is 0 Å². The highest BCUT2D eigenvalue weighted by atomic mass is 16.1. The van der Waals surface area contributed by atoms with Gasteiger partial charge >= 0.3 is 0 Å². The van der Waals surface area contributed by atoms with Crippen molar-refractivity contribution in [2.45, 2.75) is 94.2 Å². The number of anilines is 2. The molecule has 0 fully saturated rings. The number of carbonyl (C=O) groups excluding carboxylic acids is 2. The highest BCUT2D eigenvalue weighted by molar-refractivity contribution is 6.00. The zero-order valence-corrected chi connectivity index (χ0v) is 35.1. The lowest BCUT2D eigenvalue weighted by atomic mass is 9.70. The molecule has 0 aliphatic heterocycles. The van der Waals surface area contributed by atoms with E-state index < -0.39 is 0 Å². The lowest BCUT2D eigenvalue weighted by Gasteiger charge is -2.34. The molecular weight excluding hydrogens is 689 g/mol. The van der Waals surface area contributed by atoms with Gasteiger partial charge in [0, 0.05) is 36.1 Å². The number of carbonyl (C=O) groups is 2. The van der Waals surface area contributed by atoms with E-state index in [9.17, 15) is 9.59 Å². The molecular formula is C50H62N4O2+2. The van der Waals surface area contributed by atoms with E-state index in [0.29, 0.717) is 24.2 Å². The smallest absolute Gasteiger partial charge is 0.226 e. The van der Waals surface area contributed by atoms with Gasteiger partial charge in [-0.2, -0.15) is 9.13 Å². The predicted molar refractivity (Wildman–Crippen MR) is 233 cm³/mol. The monoisotopic (exact) mass is 750 g/mol. The maximum atomic E-state index is 13.4. The van der Waals surface area contributed by atoms with Crippen molar-refractivity contribution >= 4 is 22.9 Å². The minimum atomic E-state index is -0.252. The maximum absolute atomic E-state index is 13.4. The van der Waals surface area contributed by atoms with Crippen LogP contribution >= 0.6 is 0 Å². The van der Waals surface area contributed by atoms with Crippen molar-refractivity contribution < 1.29 is 18.7 Å². The van der Waals surface area contributed by atoms with Crippen LogP contribution in [0.3, 0.4) is 0 Å². The van der Waals surface area contributed by atoms with Crippen LogP contribution in [0.1, 0.15) is 94.2 Å². The molecule has 0 saturated heterocycles. The van der Waals surface area contributed by atoms with Crippen molar-refractivity contribution in [3.63, 3.8) is 0 Å². The first-order valence-corrected chi connectivity index (χ1v) is 19.5. The molecule has 2 aromatic rings. The Morgan fingerprint density at radius 2 is 0.929 bits per heavy atom. The van der Waals surface area contributed by atoms with Gasteiger partial charge in [-0.3, -0.25) is 9.59 Å². The third-order valence-corrected chi connectivity index (χ3v) is 10.7. The minimum Gasteiger partial charge on any atom is -0.394 e. The Labute approximate surface area is 335 Å². The number of pyridine rings is 2. The maximum Gasteiger partial charge on any atom is 0.226 e. The van der Waals surface area contributed by atoms with Crippen molar-refractivity contribution in [1.29, 1.82) is 0 Å². The van der Waals surface area contributed by atoms with Crippen LogP contribution in [0.25, 0.3) is 0 Å². The van der Waals surface area contributed by atoms with Gasteiger partial charge in [0.05, 0.1) is 11.4 Å². The molecule has 4 N–H and O–H groups in total. The molecule has 2 aliphatic rings. The molecule has 6 nitrogen and oxygen atoms in total. The van der Waals surface area contributed by atoms with E-state index in [1.54, 1.807) is 0 Å². The summed E-state index contributed by atoms with van der Waals surface area (Å²) in [5, 5.41) is 0. The Morgan fingerprint density at radius 1 is 0.589 bits per heavy atom. The van der Waals surface area contributed by atoms with Crippen molar-refractivity contribution in [2.75, 3.05) is 11.5 Å². The number of rotatable bonds is 12. The van der Waals surface area contributed by atoms with Crippen LogP contribution in [-0.4, -0.2) is 11.6 Å². The average molecular weight is 751 g/mol. The minimum absolute atomic E-state index is 0.142. The standard InChI is InChI=1S/C50H62N4O2/c1-35(19-13-21-37(3)25-27-43-39(5)47(55)45(31-49(43,7)8)53-29-15-23-41(51)33-53)17-11-12-18-36(2)20-14-22-38(4)26-28-44-40(6)48(56)46(32-50(44,9)10)54-30-16-24-42(52)34-54/h11-30,33-34,45-46H,31-32,51-52H2,1-10H3/q+2/b12-11+,19-13+,20-14+,27-25+,28-26+,35-17+,36-18+,37-21+,38-22+. The molecule has 0 spiro atoms. The Morgan fingerprint density at radius 3 is 1.29 bits per heavy atom. The summed E-state index contributed by atoms with van der Waals surface area (Å²) in [5.74, 6) is 0.284. The summed E-state index contributed by atoms with van der Waals surface area (Å²) in [7, 11) is 0. The third kappa shape index (κ3) is 11.5. The number of nitrogen functional groups attached to an aromatic ring is 2. The van der Waals surface area contributed by atoms with E-state index in [-0.39, 0.29) is 34.5 Å². The van der Waals surface area contributed by atoms with Crippen LogP contribution in [0.5, 0.6) is 0 Å². The molecule has 2 unspecified atom stereocenters. The predicted octanol–water partition coefficient (Wildman–Crippen LogP) is 10.4. The van der Waals surface area contributed by atoms with Crippen LogP contribution in [0.4, 0.5) is 11.4 Å². The number of Topliss-reactive ketones (excluding diaryl/α,β-unsaturated/α-hetero) is 2. The first-order chi connectivity index (χ1) is 26.4. The summed E-state index contributed by atoms with van der Waals surface area (Å²) in [5.41, 5.74) is 21.2. The van der Waals surface area contributed by atoms with Gasteiger partial charge in [0.25, 0.3) is 0 Å². The number of ketones is 2. The quantitative estimate of drug-likeness (QED) is 0.167. The van der Waals surface area contributed by atoms with Gasteiger partial charge in [0.1, 0.15) is 0 Å². The average Bonchev–Trinajstić information content (AvgIpc) is 3.13. The van der Waals surface area contributed by atoms with Crippen LogP contribution in [0, 0.1) is 10.8 Å².